The molecule has 0 heterocycles. The van der Waals surface area contributed by atoms with Crippen molar-refractivity contribution >= 4 is 0 Å². The summed E-state index contributed by atoms with van der Waals surface area (Å²) >= 11 is 0. The summed E-state index contributed by atoms with van der Waals surface area (Å²) in [5.41, 5.74) is 2.15. The first-order chi connectivity index (χ1) is 8.72. The second kappa shape index (κ2) is 6.32. The van der Waals surface area contributed by atoms with Crippen LogP contribution < -0.4 is 5.32 Å². The largest absolute Gasteiger partial charge is 0.387 e. The van der Waals surface area contributed by atoms with Gasteiger partial charge in [0, 0.05) is 19.7 Å². The Kier molecular flexibility index (Phi) is 4.75. The number of aryl methyl sites for hydroxylation is 1. The quantitative estimate of drug-likeness (QED) is 0.777. The molecule has 2 atom stereocenters. The molecule has 2 unspecified atom stereocenters. The van der Waals surface area contributed by atoms with Gasteiger partial charge in [-0.3, -0.25) is 0 Å². The Labute approximate surface area is 109 Å². The Hall–Kier alpha value is -0.900. The van der Waals surface area contributed by atoms with Gasteiger partial charge in [-0.15, -0.1) is 0 Å². The van der Waals surface area contributed by atoms with Crippen LogP contribution in [0.1, 0.15) is 30.1 Å². The van der Waals surface area contributed by atoms with Crippen LogP contribution in [-0.2, 0) is 4.74 Å². The Morgan fingerprint density at radius 3 is 2.72 bits per heavy atom. The summed E-state index contributed by atoms with van der Waals surface area (Å²) < 4.78 is 5.22. The van der Waals surface area contributed by atoms with Gasteiger partial charge in [0.15, 0.2) is 0 Å². The highest BCUT2D eigenvalue weighted by Crippen LogP contribution is 2.33. The summed E-state index contributed by atoms with van der Waals surface area (Å²) in [6.45, 7) is 3.35. The standard InChI is InChI=1S/C15H23NO2/c1-11-5-3-4-6-13(11)15(17)9-16-14(10-18-2)12-7-8-12/h3-6,12,14-17H,7-10H2,1-2H3. The summed E-state index contributed by atoms with van der Waals surface area (Å²) in [6.07, 6.45) is 2.12. The van der Waals surface area contributed by atoms with Crippen molar-refractivity contribution < 1.29 is 9.84 Å². The van der Waals surface area contributed by atoms with Gasteiger partial charge in [-0.1, -0.05) is 24.3 Å². The van der Waals surface area contributed by atoms with E-state index in [9.17, 15) is 5.11 Å². The minimum absolute atomic E-state index is 0.383. The number of methoxy groups -OCH3 is 1. The molecule has 2 N–H and O–H groups in total. The van der Waals surface area contributed by atoms with Gasteiger partial charge < -0.3 is 15.2 Å². The van der Waals surface area contributed by atoms with Crippen LogP contribution in [0.2, 0.25) is 0 Å². The van der Waals surface area contributed by atoms with Gasteiger partial charge in [0.25, 0.3) is 0 Å². The van der Waals surface area contributed by atoms with E-state index in [0.717, 1.165) is 23.7 Å². The van der Waals surface area contributed by atoms with Crippen LogP contribution in [0, 0.1) is 12.8 Å². The normalized spacial score (nSPS) is 18.6. The van der Waals surface area contributed by atoms with Gasteiger partial charge in [0.1, 0.15) is 0 Å². The van der Waals surface area contributed by atoms with Crippen molar-refractivity contribution in [3.8, 4) is 0 Å². The van der Waals surface area contributed by atoms with E-state index in [0.29, 0.717) is 12.6 Å². The number of aliphatic hydroxyl groups excluding tert-OH is 1. The van der Waals surface area contributed by atoms with Crippen molar-refractivity contribution in [2.75, 3.05) is 20.3 Å². The van der Waals surface area contributed by atoms with Gasteiger partial charge >= 0.3 is 0 Å². The lowest BCUT2D eigenvalue weighted by Crippen LogP contribution is -2.37. The molecule has 0 bridgehead atoms. The molecule has 1 saturated carbocycles. The lowest BCUT2D eigenvalue weighted by atomic mass is 10.0. The second-order valence-electron chi connectivity index (χ2n) is 5.18. The summed E-state index contributed by atoms with van der Waals surface area (Å²) in [5.74, 6) is 0.731. The van der Waals surface area contributed by atoms with Crippen molar-refractivity contribution in [1.82, 2.24) is 5.32 Å². The molecule has 2 rings (SSSR count). The zero-order valence-corrected chi connectivity index (χ0v) is 11.2. The van der Waals surface area contributed by atoms with Crippen molar-refractivity contribution in [3.05, 3.63) is 35.4 Å². The van der Waals surface area contributed by atoms with E-state index in [1.54, 1.807) is 7.11 Å². The van der Waals surface area contributed by atoms with Crippen LogP contribution in [0.3, 0.4) is 0 Å². The van der Waals surface area contributed by atoms with Crippen LogP contribution in [-0.4, -0.2) is 31.4 Å². The van der Waals surface area contributed by atoms with Gasteiger partial charge in [0.05, 0.1) is 12.7 Å². The van der Waals surface area contributed by atoms with Gasteiger partial charge in [-0.25, -0.2) is 0 Å². The number of ether oxygens (including phenoxy) is 1. The van der Waals surface area contributed by atoms with Crippen molar-refractivity contribution in [1.29, 1.82) is 0 Å². The third-order valence-corrected chi connectivity index (χ3v) is 3.66. The minimum Gasteiger partial charge on any atom is -0.387 e. The Balaban J connectivity index is 1.87. The van der Waals surface area contributed by atoms with Gasteiger partial charge in [-0.05, 0) is 36.8 Å². The van der Waals surface area contributed by atoms with Crippen LogP contribution in [0.4, 0.5) is 0 Å². The number of nitrogens with one attached hydrogen (secondary N) is 1. The van der Waals surface area contributed by atoms with E-state index in [1.165, 1.54) is 12.8 Å². The zero-order valence-electron chi connectivity index (χ0n) is 11.2. The molecule has 18 heavy (non-hydrogen) atoms. The fourth-order valence-corrected chi connectivity index (χ4v) is 2.37. The molecule has 1 fully saturated rings. The van der Waals surface area contributed by atoms with E-state index >= 15 is 0 Å². The molecule has 1 aliphatic rings. The Bertz CT molecular complexity index is 377. The maximum absolute atomic E-state index is 10.2. The lowest BCUT2D eigenvalue weighted by Gasteiger charge is -2.20. The molecule has 0 saturated heterocycles. The maximum atomic E-state index is 10.2. The molecule has 100 valence electrons. The molecule has 0 spiro atoms. The molecule has 0 amide bonds. The van der Waals surface area contributed by atoms with Crippen LogP contribution in [0.5, 0.6) is 0 Å². The molecule has 3 nitrogen and oxygen atoms in total. The van der Waals surface area contributed by atoms with E-state index in [1.807, 2.05) is 31.2 Å². The van der Waals surface area contributed by atoms with Crippen LogP contribution in [0.15, 0.2) is 24.3 Å². The predicted molar refractivity (Wildman–Crippen MR) is 72.5 cm³/mol. The third kappa shape index (κ3) is 3.55. The molecule has 0 aromatic heterocycles. The second-order valence-corrected chi connectivity index (χ2v) is 5.18. The molecule has 1 aromatic carbocycles. The van der Waals surface area contributed by atoms with Gasteiger partial charge in [-0.2, -0.15) is 0 Å². The first-order valence-corrected chi connectivity index (χ1v) is 6.68. The van der Waals surface area contributed by atoms with E-state index < -0.39 is 6.10 Å². The number of rotatable bonds is 7. The molecular formula is C15H23NO2. The molecule has 3 heteroatoms. The Morgan fingerprint density at radius 1 is 1.39 bits per heavy atom. The fraction of sp³-hybridized carbons (Fsp3) is 0.600. The molecule has 0 aliphatic heterocycles. The number of benzene rings is 1. The zero-order chi connectivity index (χ0) is 13.0. The Morgan fingerprint density at radius 2 is 2.11 bits per heavy atom. The third-order valence-electron chi connectivity index (χ3n) is 3.66. The SMILES string of the molecule is COCC(NCC(O)c1ccccc1C)C1CC1. The first kappa shape index (κ1) is 13.5. The van der Waals surface area contributed by atoms with Crippen LogP contribution >= 0.6 is 0 Å². The molecular weight excluding hydrogens is 226 g/mol. The first-order valence-electron chi connectivity index (χ1n) is 6.68. The van der Waals surface area contributed by atoms with Gasteiger partial charge in [0.2, 0.25) is 0 Å². The maximum Gasteiger partial charge on any atom is 0.0917 e. The van der Waals surface area contributed by atoms with E-state index in [-0.39, 0.29) is 0 Å². The van der Waals surface area contributed by atoms with Crippen molar-refractivity contribution in [3.63, 3.8) is 0 Å². The van der Waals surface area contributed by atoms with E-state index in [2.05, 4.69) is 5.32 Å². The lowest BCUT2D eigenvalue weighted by molar-refractivity contribution is 0.132. The highest BCUT2D eigenvalue weighted by molar-refractivity contribution is 5.27. The topological polar surface area (TPSA) is 41.5 Å². The van der Waals surface area contributed by atoms with Crippen molar-refractivity contribution in [2.24, 2.45) is 5.92 Å². The molecule has 1 aliphatic carbocycles. The summed E-state index contributed by atoms with van der Waals surface area (Å²) in [6, 6.07) is 8.38. The average Bonchev–Trinajstić information content (AvgIpc) is 3.19. The molecule has 1 aromatic rings. The monoisotopic (exact) mass is 249 g/mol. The summed E-state index contributed by atoms with van der Waals surface area (Å²) in [4.78, 5) is 0. The predicted octanol–water partition coefficient (Wildman–Crippen LogP) is 2.04. The molecule has 0 radical (unpaired) electrons. The van der Waals surface area contributed by atoms with Crippen LogP contribution in [0.25, 0.3) is 0 Å². The number of aliphatic hydroxyl groups is 1. The highest BCUT2D eigenvalue weighted by atomic mass is 16.5. The smallest absolute Gasteiger partial charge is 0.0917 e. The van der Waals surface area contributed by atoms with E-state index in [4.69, 9.17) is 4.74 Å². The average molecular weight is 249 g/mol. The highest BCUT2D eigenvalue weighted by Gasteiger charge is 2.31. The summed E-state index contributed by atoms with van der Waals surface area (Å²) in [7, 11) is 1.73. The number of hydrogen-bond donors (Lipinski definition) is 2. The summed E-state index contributed by atoms with van der Waals surface area (Å²) in [5, 5.41) is 13.7. The minimum atomic E-state index is -0.440. The fourth-order valence-electron chi connectivity index (χ4n) is 2.37. The van der Waals surface area contributed by atoms with Crippen molar-refractivity contribution in [2.45, 2.75) is 31.9 Å². The number of hydrogen-bond acceptors (Lipinski definition) is 3.